The summed E-state index contributed by atoms with van der Waals surface area (Å²) in [7, 11) is -3.71. The van der Waals surface area contributed by atoms with E-state index in [2.05, 4.69) is 5.32 Å². The standard InChI is InChI=1S/C20H29N3O5S2/c1-14-13-29-17-6-5-15(30(26,27)22-7-9-28-10-8-22)11-16(17)23(19(14)25)12-18(24)21-20(2,3)4/h5-6,11,14H,7-10,12-13H2,1-4H3,(H,21,24)/t14-/m1/s1. The van der Waals surface area contributed by atoms with Crippen molar-refractivity contribution in [2.45, 2.75) is 43.0 Å². The topological polar surface area (TPSA) is 96.0 Å². The van der Waals surface area contributed by atoms with E-state index in [1.807, 2.05) is 27.7 Å². The number of hydrogen-bond acceptors (Lipinski definition) is 6. The number of carbonyl (C=O) groups excluding carboxylic acids is 2. The zero-order valence-corrected chi connectivity index (χ0v) is 19.4. The summed E-state index contributed by atoms with van der Waals surface area (Å²) in [5, 5.41) is 2.87. The molecule has 10 heteroatoms. The minimum Gasteiger partial charge on any atom is -0.379 e. The molecule has 0 unspecified atom stereocenters. The lowest BCUT2D eigenvalue weighted by Gasteiger charge is -2.28. The molecule has 1 fully saturated rings. The number of fused-ring (bicyclic) bond motifs is 1. The van der Waals surface area contributed by atoms with Crippen LogP contribution in [0.3, 0.4) is 0 Å². The number of ether oxygens (including phenoxy) is 1. The largest absolute Gasteiger partial charge is 0.379 e. The second-order valence-corrected chi connectivity index (χ2v) is 11.6. The van der Waals surface area contributed by atoms with Gasteiger partial charge in [-0.3, -0.25) is 9.59 Å². The molecule has 1 aromatic carbocycles. The van der Waals surface area contributed by atoms with Gasteiger partial charge in [0.25, 0.3) is 0 Å². The van der Waals surface area contributed by atoms with E-state index in [9.17, 15) is 18.0 Å². The molecule has 166 valence electrons. The van der Waals surface area contributed by atoms with Crippen molar-refractivity contribution in [2.75, 3.05) is 43.5 Å². The van der Waals surface area contributed by atoms with Gasteiger partial charge < -0.3 is 15.0 Å². The third-order valence-electron chi connectivity index (χ3n) is 4.82. The summed E-state index contributed by atoms with van der Waals surface area (Å²) in [5.41, 5.74) is 0.0317. The van der Waals surface area contributed by atoms with Gasteiger partial charge in [0.2, 0.25) is 21.8 Å². The van der Waals surface area contributed by atoms with Crippen LogP contribution >= 0.6 is 11.8 Å². The molecule has 0 aliphatic carbocycles. The van der Waals surface area contributed by atoms with Crippen LogP contribution in [0.25, 0.3) is 0 Å². The first-order valence-electron chi connectivity index (χ1n) is 9.96. The molecule has 1 atom stereocenters. The van der Waals surface area contributed by atoms with Crippen LogP contribution in [0.2, 0.25) is 0 Å². The van der Waals surface area contributed by atoms with E-state index in [0.29, 0.717) is 37.7 Å². The highest BCUT2D eigenvalue weighted by molar-refractivity contribution is 7.99. The summed E-state index contributed by atoms with van der Waals surface area (Å²) in [6.45, 7) is 8.57. The monoisotopic (exact) mass is 455 g/mol. The van der Waals surface area contributed by atoms with Crippen LogP contribution in [-0.2, 0) is 24.3 Å². The number of morpholine rings is 1. The fourth-order valence-corrected chi connectivity index (χ4v) is 5.84. The van der Waals surface area contributed by atoms with Crippen LogP contribution in [0.4, 0.5) is 5.69 Å². The molecule has 1 saturated heterocycles. The number of rotatable bonds is 4. The van der Waals surface area contributed by atoms with E-state index in [1.54, 1.807) is 12.1 Å². The van der Waals surface area contributed by atoms with Crippen LogP contribution in [0.15, 0.2) is 28.0 Å². The molecule has 2 heterocycles. The van der Waals surface area contributed by atoms with Crippen molar-refractivity contribution in [2.24, 2.45) is 5.92 Å². The molecule has 2 amide bonds. The quantitative estimate of drug-likeness (QED) is 0.742. The lowest BCUT2D eigenvalue weighted by Crippen LogP contribution is -2.48. The fourth-order valence-electron chi connectivity index (χ4n) is 3.36. The number of hydrogen-bond donors (Lipinski definition) is 1. The number of anilines is 1. The Morgan fingerprint density at radius 1 is 1.27 bits per heavy atom. The summed E-state index contributed by atoms with van der Waals surface area (Å²) >= 11 is 1.50. The summed E-state index contributed by atoms with van der Waals surface area (Å²) in [5.74, 6) is -0.198. The van der Waals surface area contributed by atoms with Gasteiger partial charge in [0, 0.05) is 35.2 Å². The van der Waals surface area contributed by atoms with Crippen molar-refractivity contribution in [3.63, 3.8) is 0 Å². The van der Waals surface area contributed by atoms with Gasteiger partial charge >= 0.3 is 0 Å². The molecule has 0 radical (unpaired) electrons. The molecule has 0 saturated carbocycles. The van der Waals surface area contributed by atoms with Crippen LogP contribution in [0.5, 0.6) is 0 Å². The lowest BCUT2D eigenvalue weighted by molar-refractivity contribution is -0.126. The zero-order chi connectivity index (χ0) is 22.1. The van der Waals surface area contributed by atoms with Crippen LogP contribution in [0.1, 0.15) is 27.7 Å². The Morgan fingerprint density at radius 2 is 1.93 bits per heavy atom. The molecule has 2 aliphatic heterocycles. The molecule has 2 aliphatic rings. The Balaban J connectivity index is 1.98. The Morgan fingerprint density at radius 3 is 2.57 bits per heavy atom. The Labute approximate surface area is 182 Å². The van der Waals surface area contributed by atoms with Gasteiger partial charge in [-0.25, -0.2) is 8.42 Å². The third kappa shape index (κ3) is 5.16. The average molecular weight is 456 g/mol. The maximum absolute atomic E-state index is 13.1. The van der Waals surface area contributed by atoms with Crippen molar-refractivity contribution in [1.29, 1.82) is 0 Å². The normalized spacial score (nSPS) is 21.1. The van der Waals surface area contributed by atoms with Gasteiger partial charge in [-0.1, -0.05) is 6.92 Å². The van der Waals surface area contributed by atoms with Gasteiger partial charge in [-0.05, 0) is 39.0 Å². The van der Waals surface area contributed by atoms with Crippen molar-refractivity contribution >= 4 is 39.3 Å². The minimum atomic E-state index is -3.71. The highest BCUT2D eigenvalue weighted by Crippen LogP contribution is 2.38. The first-order valence-corrected chi connectivity index (χ1v) is 12.4. The van der Waals surface area contributed by atoms with Gasteiger partial charge in [-0.15, -0.1) is 11.8 Å². The molecular formula is C20H29N3O5S2. The van der Waals surface area contributed by atoms with Crippen molar-refractivity contribution in [3.8, 4) is 0 Å². The average Bonchev–Trinajstić information content (AvgIpc) is 2.79. The smallest absolute Gasteiger partial charge is 0.243 e. The summed E-state index contributed by atoms with van der Waals surface area (Å²) in [4.78, 5) is 27.9. The van der Waals surface area contributed by atoms with Crippen LogP contribution in [0, 0.1) is 5.92 Å². The van der Waals surface area contributed by atoms with E-state index in [4.69, 9.17) is 4.74 Å². The third-order valence-corrected chi connectivity index (χ3v) is 8.04. The second kappa shape index (κ2) is 8.86. The number of thioether (sulfide) groups is 1. The SMILES string of the molecule is C[C@@H]1CSc2ccc(S(=O)(=O)N3CCOCC3)cc2N(CC(=O)NC(C)(C)C)C1=O. The first-order chi connectivity index (χ1) is 14.0. The number of sulfonamides is 1. The number of carbonyl (C=O) groups is 2. The van der Waals surface area contributed by atoms with Gasteiger partial charge in [0.05, 0.1) is 23.8 Å². The lowest BCUT2D eigenvalue weighted by atomic mass is 10.1. The zero-order valence-electron chi connectivity index (χ0n) is 17.8. The van der Waals surface area contributed by atoms with E-state index in [1.165, 1.54) is 27.0 Å². The number of amides is 2. The maximum Gasteiger partial charge on any atom is 0.243 e. The number of nitrogens with one attached hydrogen (secondary N) is 1. The minimum absolute atomic E-state index is 0.118. The van der Waals surface area contributed by atoms with Crippen LogP contribution in [-0.4, -0.2) is 68.7 Å². The maximum atomic E-state index is 13.1. The number of nitrogens with zero attached hydrogens (tertiary/aromatic N) is 2. The predicted octanol–water partition coefficient (Wildman–Crippen LogP) is 1.70. The molecule has 0 aromatic heterocycles. The second-order valence-electron chi connectivity index (χ2n) is 8.58. The summed E-state index contributed by atoms with van der Waals surface area (Å²) in [6, 6.07) is 4.82. The Kier molecular flexibility index (Phi) is 6.81. The van der Waals surface area contributed by atoms with E-state index in [-0.39, 0.29) is 29.2 Å². The molecule has 1 aromatic rings. The van der Waals surface area contributed by atoms with Crippen molar-refractivity contribution in [3.05, 3.63) is 18.2 Å². The van der Waals surface area contributed by atoms with E-state index >= 15 is 0 Å². The molecule has 3 rings (SSSR count). The summed E-state index contributed by atoms with van der Waals surface area (Å²) < 4.78 is 32.9. The highest BCUT2D eigenvalue weighted by atomic mass is 32.2. The number of benzene rings is 1. The molecule has 0 spiro atoms. The molecule has 0 bridgehead atoms. The molecule has 30 heavy (non-hydrogen) atoms. The first kappa shape index (κ1) is 23.1. The molecule has 8 nitrogen and oxygen atoms in total. The Bertz CT molecular complexity index is 921. The van der Waals surface area contributed by atoms with E-state index < -0.39 is 15.6 Å². The summed E-state index contributed by atoms with van der Waals surface area (Å²) in [6.07, 6.45) is 0. The van der Waals surface area contributed by atoms with Gasteiger partial charge in [0.15, 0.2) is 0 Å². The molecule has 1 N–H and O–H groups in total. The molecular weight excluding hydrogens is 426 g/mol. The van der Waals surface area contributed by atoms with Crippen molar-refractivity contribution in [1.82, 2.24) is 9.62 Å². The highest BCUT2D eigenvalue weighted by Gasteiger charge is 2.33. The van der Waals surface area contributed by atoms with Gasteiger partial charge in [0.1, 0.15) is 6.54 Å². The predicted molar refractivity (Wildman–Crippen MR) is 116 cm³/mol. The van der Waals surface area contributed by atoms with Gasteiger partial charge in [-0.2, -0.15) is 4.31 Å². The Hall–Kier alpha value is -1.62. The van der Waals surface area contributed by atoms with E-state index in [0.717, 1.165) is 4.90 Å². The fraction of sp³-hybridized carbons (Fsp3) is 0.600. The van der Waals surface area contributed by atoms with Crippen LogP contribution < -0.4 is 10.2 Å². The van der Waals surface area contributed by atoms with Crippen molar-refractivity contribution < 1.29 is 22.7 Å².